The number of fused-ring (bicyclic) bond motifs is 1. The van der Waals surface area contributed by atoms with E-state index in [4.69, 9.17) is 0 Å². The van der Waals surface area contributed by atoms with Gasteiger partial charge in [-0.1, -0.05) is 12.0 Å². The van der Waals surface area contributed by atoms with Gasteiger partial charge in [-0.2, -0.15) is 0 Å². The summed E-state index contributed by atoms with van der Waals surface area (Å²) in [7, 11) is 0. The van der Waals surface area contributed by atoms with Crippen molar-refractivity contribution in [2.24, 2.45) is 0 Å². The molecule has 3 rings (SSSR count). The quantitative estimate of drug-likeness (QED) is 0.707. The number of H-pyrrole nitrogens is 1. The Morgan fingerprint density at radius 3 is 2.84 bits per heavy atom. The van der Waals surface area contributed by atoms with E-state index >= 15 is 0 Å². The van der Waals surface area contributed by atoms with Crippen LogP contribution >= 0.6 is 0 Å². The van der Waals surface area contributed by atoms with E-state index in [0.717, 1.165) is 29.6 Å². The molecule has 19 heavy (non-hydrogen) atoms. The SMILES string of the molecule is C(#Cc1ccccn1)CCc1cc2cccnc2[nH]1. The van der Waals surface area contributed by atoms with Gasteiger partial charge in [0, 0.05) is 29.9 Å². The van der Waals surface area contributed by atoms with E-state index in [1.807, 2.05) is 24.3 Å². The number of nitrogens with zero attached hydrogens (tertiary/aromatic N) is 2. The first kappa shape index (κ1) is 11.5. The van der Waals surface area contributed by atoms with Gasteiger partial charge in [0.25, 0.3) is 0 Å². The van der Waals surface area contributed by atoms with Crippen molar-refractivity contribution in [1.82, 2.24) is 15.0 Å². The zero-order chi connectivity index (χ0) is 12.9. The second-order valence-corrected chi connectivity index (χ2v) is 4.25. The lowest BCUT2D eigenvalue weighted by Crippen LogP contribution is -1.84. The van der Waals surface area contributed by atoms with Gasteiger partial charge < -0.3 is 4.98 Å². The second kappa shape index (κ2) is 5.36. The minimum Gasteiger partial charge on any atom is -0.343 e. The van der Waals surface area contributed by atoms with Crippen LogP contribution in [0.25, 0.3) is 11.0 Å². The molecule has 0 saturated carbocycles. The molecule has 3 heterocycles. The molecule has 0 atom stereocenters. The topological polar surface area (TPSA) is 41.6 Å². The summed E-state index contributed by atoms with van der Waals surface area (Å²) in [5, 5.41) is 1.15. The molecule has 0 radical (unpaired) electrons. The Bertz CT molecular complexity index is 700. The Morgan fingerprint density at radius 1 is 1.05 bits per heavy atom. The second-order valence-electron chi connectivity index (χ2n) is 4.25. The van der Waals surface area contributed by atoms with E-state index in [2.05, 4.69) is 38.9 Å². The van der Waals surface area contributed by atoms with Crippen LogP contribution in [0.4, 0.5) is 0 Å². The van der Waals surface area contributed by atoms with Gasteiger partial charge >= 0.3 is 0 Å². The molecule has 3 nitrogen and oxygen atoms in total. The van der Waals surface area contributed by atoms with Crippen LogP contribution in [0.15, 0.2) is 48.8 Å². The number of nitrogens with one attached hydrogen (secondary N) is 1. The summed E-state index contributed by atoms with van der Waals surface area (Å²) < 4.78 is 0. The maximum Gasteiger partial charge on any atom is 0.137 e. The lowest BCUT2D eigenvalue weighted by Gasteiger charge is -1.90. The average molecular weight is 247 g/mol. The van der Waals surface area contributed by atoms with Crippen LogP contribution in [0.2, 0.25) is 0 Å². The van der Waals surface area contributed by atoms with E-state index in [1.165, 1.54) is 5.69 Å². The molecule has 0 aliphatic heterocycles. The van der Waals surface area contributed by atoms with Crippen molar-refractivity contribution in [2.45, 2.75) is 12.8 Å². The minimum absolute atomic E-state index is 0.809. The van der Waals surface area contributed by atoms with E-state index in [9.17, 15) is 0 Å². The summed E-state index contributed by atoms with van der Waals surface area (Å²) in [5.74, 6) is 6.20. The van der Waals surface area contributed by atoms with Crippen molar-refractivity contribution in [3.05, 3.63) is 60.2 Å². The van der Waals surface area contributed by atoms with Crippen molar-refractivity contribution < 1.29 is 0 Å². The monoisotopic (exact) mass is 247 g/mol. The summed E-state index contributed by atoms with van der Waals surface area (Å²) in [6.45, 7) is 0. The third-order valence-electron chi connectivity index (χ3n) is 2.85. The number of rotatable bonds is 2. The molecule has 0 aliphatic carbocycles. The molecule has 0 spiro atoms. The number of aromatic nitrogens is 3. The van der Waals surface area contributed by atoms with Crippen LogP contribution < -0.4 is 0 Å². The van der Waals surface area contributed by atoms with Crippen molar-refractivity contribution in [1.29, 1.82) is 0 Å². The third kappa shape index (κ3) is 2.80. The molecule has 0 bridgehead atoms. The lowest BCUT2D eigenvalue weighted by atomic mass is 10.2. The molecule has 0 fully saturated rings. The Balaban J connectivity index is 1.65. The summed E-state index contributed by atoms with van der Waals surface area (Å²) >= 11 is 0. The maximum atomic E-state index is 4.28. The van der Waals surface area contributed by atoms with Crippen LogP contribution in [0.5, 0.6) is 0 Å². The highest BCUT2D eigenvalue weighted by molar-refractivity contribution is 5.76. The Hall–Kier alpha value is -2.60. The smallest absolute Gasteiger partial charge is 0.137 e. The Labute approximate surface area is 111 Å². The summed E-state index contributed by atoms with van der Waals surface area (Å²) in [5.41, 5.74) is 2.93. The van der Waals surface area contributed by atoms with Gasteiger partial charge in [-0.05, 0) is 42.7 Å². The third-order valence-corrected chi connectivity index (χ3v) is 2.85. The molecular formula is C16H13N3. The number of aryl methyl sites for hydroxylation is 1. The lowest BCUT2D eigenvalue weighted by molar-refractivity contribution is 0.982. The first-order chi connectivity index (χ1) is 9.42. The van der Waals surface area contributed by atoms with Gasteiger partial charge in [0.15, 0.2) is 0 Å². The maximum absolute atomic E-state index is 4.28. The fraction of sp³-hybridized carbons (Fsp3) is 0.125. The van der Waals surface area contributed by atoms with Crippen molar-refractivity contribution >= 4 is 11.0 Å². The van der Waals surface area contributed by atoms with Gasteiger partial charge in [0.2, 0.25) is 0 Å². The molecule has 0 saturated heterocycles. The van der Waals surface area contributed by atoms with E-state index in [0.29, 0.717) is 0 Å². The first-order valence-electron chi connectivity index (χ1n) is 6.24. The summed E-state index contributed by atoms with van der Waals surface area (Å²) in [6.07, 6.45) is 5.26. The standard InChI is InChI=1S/C16H13N3/c1(7-14-8-3-4-10-17-14)2-9-15-12-13-6-5-11-18-16(13)19-15/h3-6,8,10-12H,2,9H2,(H,18,19). The van der Waals surface area contributed by atoms with Crippen molar-refractivity contribution in [2.75, 3.05) is 0 Å². The molecule has 0 aliphatic rings. The molecule has 3 aromatic rings. The van der Waals surface area contributed by atoms with Crippen LogP contribution in [-0.4, -0.2) is 15.0 Å². The molecule has 1 N–H and O–H groups in total. The highest BCUT2D eigenvalue weighted by Gasteiger charge is 1.99. The Kier molecular flexibility index (Phi) is 3.24. The van der Waals surface area contributed by atoms with Crippen molar-refractivity contribution in [3.63, 3.8) is 0 Å². The molecule has 3 aromatic heterocycles. The van der Waals surface area contributed by atoms with Gasteiger partial charge in [0.1, 0.15) is 11.3 Å². The van der Waals surface area contributed by atoms with Crippen molar-refractivity contribution in [3.8, 4) is 11.8 Å². The number of pyridine rings is 2. The van der Waals surface area contributed by atoms with Gasteiger partial charge in [-0.3, -0.25) is 0 Å². The summed E-state index contributed by atoms with van der Waals surface area (Å²) in [6, 6.07) is 11.9. The fourth-order valence-corrected chi connectivity index (χ4v) is 1.94. The van der Waals surface area contributed by atoms with Crippen LogP contribution in [-0.2, 0) is 6.42 Å². The molecule has 0 amide bonds. The predicted octanol–water partition coefficient (Wildman–Crippen LogP) is 2.94. The van der Waals surface area contributed by atoms with Gasteiger partial charge in [0.05, 0.1) is 0 Å². The molecule has 0 unspecified atom stereocenters. The van der Waals surface area contributed by atoms with E-state index in [-0.39, 0.29) is 0 Å². The van der Waals surface area contributed by atoms with Gasteiger partial charge in [-0.15, -0.1) is 0 Å². The van der Waals surface area contributed by atoms with Crippen LogP contribution in [0.1, 0.15) is 17.8 Å². The highest BCUT2D eigenvalue weighted by Crippen LogP contribution is 2.13. The van der Waals surface area contributed by atoms with E-state index in [1.54, 1.807) is 12.4 Å². The van der Waals surface area contributed by atoms with Crippen LogP contribution in [0, 0.1) is 11.8 Å². The van der Waals surface area contributed by atoms with E-state index < -0.39 is 0 Å². The molecular weight excluding hydrogens is 234 g/mol. The van der Waals surface area contributed by atoms with Gasteiger partial charge in [-0.25, -0.2) is 9.97 Å². The fourth-order valence-electron chi connectivity index (χ4n) is 1.94. The number of hydrogen-bond acceptors (Lipinski definition) is 2. The normalized spacial score (nSPS) is 10.1. The minimum atomic E-state index is 0.809. The Morgan fingerprint density at radius 2 is 2.00 bits per heavy atom. The molecule has 0 aromatic carbocycles. The predicted molar refractivity (Wildman–Crippen MR) is 75.5 cm³/mol. The zero-order valence-electron chi connectivity index (χ0n) is 10.4. The summed E-state index contributed by atoms with van der Waals surface area (Å²) in [4.78, 5) is 11.7. The largest absolute Gasteiger partial charge is 0.343 e. The molecule has 3 heteroatoms. The highest BCUT2D eigenvalue weighted by atomic mass is 14.8. The average Bonchev–Trinajstić information content (AvgIpc) is 2.87. The number of aromatic amines is 1. The number of hydrogen-bond donors (Lipinski definition) is 1. The zero-order valence-corrected chi connectivity index (χ0v) is 10.4. The molecule has 92 valence electrons. The first-order valence-corrected chi connectivity index (χ1v) is 6.24. The van der Waals surface area contributed by atoms with Crippen LogP contribution in [0.3, 0.4) is 0 Å².